The number of carbonyl (C=O) groups excluding carboxylic acids is 1. The van der Waals surface area contributed by atoms with Crippen molar-refractivity contribution in [3.8, 4) is 0 Å². The molecule has 1 rings (SSSR count). The molecule has 5 heteroatoms. The molecule has 0 unspecified atom stereocenters. The average Bonchev–Trinajstić information content (AvgIpc) is 2.17. The molecule has 0 saturated heterocycles. The predicted molar refractivity (Wildman–Crippen MR) is 71.4 cm³/mol. The molecule has 0 aliphatic heterocycles. The smallest absolute Gasteiger partial charge is 0.253 e. The number of nitrogens with one attached hydrogen (secondary N) is 1. The van der Waals surface area contributed by atoms with Gasteiger partial charge in [0, 0.05) is 17.4 Å². The summed E-state index contributed by atoms with van der Waals surface area (Å²) in [6.07, 6.45) is 2.33. The quantitative estimate of drug-likeness (QED) is 0.862. The normalized spacial score (nSPS) is 10.6. The molecule has 4 nitrogen and oxygen atoms in total. The fourth-order valence-corrected chi connectivity index (χ4v) is 1.40. The summed E-state index contributed by atoms with van der Waals surface area (Å²) in [6.45, 7) is 6.36. The van der Waals surface area contributed by atoms with Crippen molar-refractivity contribution in [2.45, 2.75) is 32.7 Å². The Morgan fingerprint density at radius 2 is 2.12 bits per heavy atom. The Morgan fingerprint density at radius 3 is 2.59 bits per heavy atom. The first-order valence-corrected chi connectivity index (χ1v) is 5.40. The number of halogens is 1. The molecule has 17 heavy (non-hydrogen) atoms. The fourth-order valence-electron chi connectivity index (χ4n) is 1.40. The Kier molecular flexibility index (Phi) is 6.13. The molecule has 0 saturated carbocycles. The number of hydrogen-bond donors (Lipinski definition) is 2. The van der Waals surface area contributed by atoms with Crippen LogP contribution >= 0.6 is 12.4 Å². The van der Waals surface area contributed by atoms with Gasteiger partial charge in [0.2, 0.25) is 0 Å². The predicted octanol–water partition coefficient (Wildman–Crippen LogP) is 1.67. The molecule has 0 aliphatic rings. The molecular weight excluding hydrogens is 238 g/mol. The third-order valence-electron chi connectivity index (χ3n) is 2.39. The first-order chi connectivity index (χ1) is 7.44. The van der Waals surface area contributed by atoms with Crippen molar-refractivity contribution in [2.75, 3.05) is 6.54 Å². The van der Waals surface area contributed by atoms with E-state index in [0.717, 1.165) is 12.1 Å². The lowest BCUT2D eigenvalue weighted by Crippen LogP contribution is -2.44. The van der Waals surface area contributed by atoms with E-state index in [1.807, 2.05) is 26.8 Å². The lowest BCUT2D eigenvalue weighted by atomic mass is 10.0. The third kappa shape index (κ3) is 5.15. The summed E-state index contributed by atoms with van der Waals surface area (Å²) in [6, 6.07) is 3.60. The second kappa shape index (κ2) is 6.57. The Labute approximate surface area is 108 Å². The van der Waals surface area contributed by atoms with Crippen molar-refractivity contribution >= 4 is 18.3 Å². The van der Waals surface area contributed by atoms with E-state index in [2.05, 4.69) is 10.3 Å². The summed E-state index contributed by atoms with van der Waals surface area (Å²) < 4.78 is 0. The van der Waals surface area contributed by atoms with Gasteiger partial charge in [-0.2, -0.15) is 0 Å². The zero-order chi connectivity index (χ0) is 12.2. The number of aromatic nitrogens is 1. The molecule has 3 N–H and O–H groups in total. The van der Waals surface area contributed by atoms with Gasteiger partial charge in [-0.15, -0.1) is 12.4 Å². The van der Waals surface area contributed by atoms with E-state index in [9.17, 15) is 4.79 Å². The van der Waals surface area contributed by atoms with Crippen LogP contribution in [0.4, 0.5) is 0 Å². The third-order valence-corrected chi connectivity index (χ3v) is 2.39. The molecule has 1 aromatic heterocycles. The van der Waals surface area contributed by atoms with Gasteiger partial charge in [0.1, 0.15) is 0 Å². The first-order valence-electron chi connectivity index (χ1n) is 5.40. The number of nitrogens with two attached hydrogens (primary N) is 1. The highest BCUT2D eigenvalue weighted by molar-refractivity contribution is 5.94. The van der Waals surface area contributed by atoms with E-state index in [1.54, 1.807) is 12.3 Å². The lowest BCUT2D eigenvalue weighted by Gasteiger charge is -2.25. The highest BCUT2D eigenvalue weighted by Gasteiger charge is 2.20. The van der Waals surface area contributed by atoms with Gasteiger partial charge in [-0.1, -0.05) is 0 Å². The van der Waals surface area contributed by atoms with Gasteiger partial charge in [0.15, 0.2) is 0 Å². The van der Waals surface area contributed by atoms with Crippen molar-refractivity contribution in [1.29, 1.82) is 0 Å². The number of carbonyl (C=O) groups is 1. The maximum absolute atomic E-state index is 11.9. The highest BCUT2D eigenvalue weighted by atomic mass is 35.5. The number of pyridine rings is 1. The highest BCUT2D eigenvalue weighted by Crippen LogP contribution is 2.09. The number of rotatable bonds is 4. The van der Waals surface area contributed by atoms with Crippen LogP contribution in [0.2, 0.25) is 0 Å². The van der Waals surface area contributed by atoms with Crippen molar-refractivity contribution in [1.82, 2.24) is 10.3 Å². The van der Waals surface area contributed by atoms with Crippen LogP contribution in [-0.2, 0) is 0 Å². The van der Waals surface area contributed by atoms with Gasteiger partial charge in [-0.05, 0) is 45.9 Å². The maximum Gasteiger partial charge on any atom is 0.253 e. The van der Waals surface area contributed by atoms with Gasteiger partial charge in [0.05, 0.1) is 5.56 Å². The standard InChI is InChI=1S/C12H19N3O.ClH/c1-9-4-5-10(8-14-9)11(16)15-12(2,3)6-7-13;/h4-5,8H,6-7,13H2,1-3H3,(H,15,16);1H. The summed E-state index contributed by atoms with van der Waals surface area (Å²) in [5, 5.41) is 2.93. The number of aryl methyl sites for hydroxylation is 1. The number of nitrogens with zero attached hydrogens (tertiary/aromatic N) is 1. The van der Waals surface area contributed by atoms with Gasteiger partial charge in [-0.3, -0.25) is 9.78 Å². The molecule has 0 aromatic carbocycles. The maximum atomic E-state index is 11.9. The van der Waals surface area contributed by atoms with Crippen LogP contribution in [-0.4, -0.2) is 23.0 Å². The van der Waals surface area contributed by atoms with E-state index in [-0.39, 0.29) is 23.9 Å². The lowest BCUT2D eigenvalue weighted by molar-refractivity contribution is 0.0910. The Bertz CT molecular complexity index is 363. The van der Waals surface area contributed by atoms with Crippen molar-refractivity contribution in [2.24, 2.45) is 5.73 Å². The zero-order valence-electron chi connectivity index (χ0n) is 10.5. The van der Waals surface area contributed by atoms with E-state index < -0.39 is 0 Å². The molecule has 1 heterocycles. The van der Waals surface area contributed by atoms with Crippen molar-refractivity contribution in [3.05, 3.63) is 29.6 Å². The summed E-state index contributed by atoms with van der Waals surface area (Å²) in [4.78, 5) is 15.9. The van der Waals surface area contributed by atoms with Crippen LogP contribution in [0.15, 0.2) is 18.3 Å². The molecule has 0 bridgehead atoms. The minimum absolute atomic E-state index is 0. The Morgan fingerprint density at radius 1 is 1.47 bits per heavy atom. The van der Waals surface area contributed by atoms with E-state index in [0.29, 0.717) is 12.1 Å². The summed E-state index contributed by atoms with van der Waals surface area (Å²) in [5.74, 6) is -0.106. The molecule has 0 radical (unpaired) electrons. The number of amides is 1. The van der Waals surface area contributed by atoms with Crippen LogP contribution in [0.25, 0.3) is 0 Å². The molecule has 1 amide bonds. The van der Waals surface area contributed by atoms with Gasteiger partial charge < -0.3 is 11.1 Å². The Balaban J connectivity index is 0.00000256. The van der Waals surface area contributed by atoms with E-state index >= 15 is 0 Å². The summed E-state index contributed by atoms with van der Waals surface area (Å²) >= 11 is 0. The molecule has 0 fully saturated rings. The molecular formula is C12H20ClN3O. The largest absolute Gasteiger partial charge is 0.347 e. The molecule has 0 spiro atoms. The minimum atomic E-state index is -0.281. The number of hydrogen-bond acceptors (Lipinski definition) is 3. The second-order valence-corrected chi connectivity index (χ2v) is 4.56. The van der Waals surface area contributed by atoms with Crippen LogP contribution in [0.5, 0.6) is 0 Å². The SMILES string of the molecule is Cc1ccc(C(=O)NC(C)(C)CCN)cn1.Cl. The minimum Gasteiger partial charge on any atom is -0.347 e. The first kappa shape index (κ1) is 15.9. The topological polar surface area (TPSA) is 68.0 Å². The van der Waals surface area contributed by atoms with Crippen LogP contribution in [0, 0.1) is 6.92 Å². The zero-order valence-corrected chi connectivity index (χ0v) is 11.3. The van der Waals surface area contributed by atoms with Crippen LogP contribution in [0.3, 0.4) is 0 Å². The monoisotopic (exact) mass is 257 g/mol. The molecule has 0 atom stereocenters. The van der Waals surface area contributed by atoms with Crippen LogP contribution in [0.1, 0.15) is 36.3 Å². The summed E-state index contributed by atoms with van der Waals surface area (Å²) in [7, 11) is 0. The van der Waals surface area contributed by atoms with Crippen molar-refractivity contribution in [3.63, 3.8) is 0 Å². The van der Waals surface area contributed by atoms with E-state index in [1.165, 1.54) is 0 Å². The van der Waals surface area contributed by atoms with Crippen molar-refractivity contribution < 1.29 is 4.79 Å². The Hall–Kier alpha value is -1.13. The summed E-state index contributed by atoms with van der Waals surface area (Å²) in [5.41, 5.74) is 6.68. The fraction of sp³-hybridized carbons (Fsp3) is 0.500. The van der Waals surface area contributed by atoms with Gasteiger partial charge in [-0.25, -0.2) is 0 Å². The van der Waals surface area contributed by atoms with Gasteiger partial charge in [0.25, 0.3) is 5.91 Å². The molecule has 1 aromatic rings. The second-order valence-electron chi connectivity index (χ2n) is 4.56. The van der Waals surface area contributed by atoms with Crippen LogP contribution < -0.4 is 11.1 Å². The average molecular weight is 258 g/mol. The molecule has 96 valence electrons. The molecule has 0 aliphatic carbocycles. The van der Waals surface area contributed by atoms with E-state index in [4.69, 9.17) is 5.73 Å². The van der Waals surface area contributed by atoms with Gasteiger partial charge >= 0.3 is 0 Å².